The van der Waals surface area contributed by atoms with Crippen molar-refractivity contribution in [2.24, 2.45) is 0 Å². The van der Waals surface area contributed by atoms with Gasteiger partial charge in [0.15, 0.2) is 0 Å². The van der Waals surface area contributed by atoms with E-state index in [1.807, 2.05) is 37.3 Å². The van der Waals surface area contributed by atoms with E-state index >= 15 is 0 Å². The number of hydrogen-bond acceptors (Lipinski definition) is 2. The lowest BCUT2D eigenvalue weighted by Gasteiger charge is -2.00. The average molecular weight is 236 g/mol. The van der Waals surface area contributed by atoms with Gasteiger partial charge >= 0.3 is 0 Å². The minimum absolute atomic E-state index is 0.0343. The van der Waals surface area contributed by atoms with Gasteiger partial charge in [-0.05, 0) is 37.1 Å². The van der Waals surface area contributed by atoms with Gasteiger partial charge in [0.25, 0.3) is 0 Å². The van der Waals surface area contributed by atoms with Gasteiger partial charge in [-0.1, -0.05) is 35.7 Å². The summed E-state index contributed by atoms with van der Waals surface area (Å²) in [6.45, 7) is 1.86. The molecule has 0 aliphatic carbocycles. The Morgan fingerprint density at radius 2 is 1.83 bits per heavy atom. The highest BCUT2D eigenvalue weighted by Crippen LogP contribution is 2.18. The van der Waals surface area contributed by atoms with E-state index in [-0.39, 0.29) is 17.1 Å². The number of carbonyl (C=O) groups is 1. The number of aromatic hydroxyl groups is 1. The summed E-state index contributed by atoms with van der Waals surface area (Å²) in [4.78, 5) is 11.9. The predicted octanol–water partition coefficient (Wildman–Crippen LogP) is 2.94. The van der Waals surface area contributed by atoms with Crippen LogP contribution in [0.4, 0.5) is 0 Å². The summed E-state index contributed by atoms with van der Waals surface area (Å²) in [7, 11) is 0. The molecule has 0 saturated heterocycles. The molecular weight excluding hydrogens is 224 g/mol. The van der Waals surface area contributed by atoms with E-state index in [4.69, 9.17) is 0 Å². The molecule has 0 radical (unpaired) electrons. The summed E-state index contributed by atoms with van der Waals surface area (Å²) < 4.78 is 0. The van der Waals surface area contributed by atoms with Crippen molar-refractivity contribution in [2.75, 3.05) is 0 Å². The number of carbonyl (C=O) groups excluding carboxylic acids is 1. The molecule has 2 heteroatoms. The van der Waals surface area contributed by atoms with E-state index in [1.165, 1.54) is 6.07 Å². The summed E-state index contributed by atoms with van der Waals surface area (Å²) >= 11 is 0. The summed E-state index contributed by atoms with van der Waals surface area (Å²) in [6, 6.07) is 14.2. The van der Waals surface area contributed by atoms with Crippen LogP contribution in [0.2, 0.25) is 0 Å². The highest BCUT2D eigenvalue weighted by molar-refractivity contribution is 6.11. The first-order chi connectivity index (χ1) is 8.66. The fraction of sp³-hybridized carbons (Fsp3) is 0.0625. The molecular formula is C16H12O2. The Labute approximate surface area is 106 Å². The summed E-state index contributed by atoms with van der Waals surface area (Å²) in [5, 5.41) is 9.61. The number of phenols is 1. The van der Waals surface area contributed by atoms with Crippen molar-refractivity contribution in [3.05, 3.63) is 65.2 Å². The van der Waals surface area contributed by atoms with E-state index in [9.17, 15) is 9.90 Å². The molecule has 0 heterocycles. The predicted molar refractivity (Wildman–Crippen MR) is 70.5 cm³/mol. The number of aryl methyl sites for hydroxylation is 1. The number of Topliss-reactive ketones (excluding diaryl/α,β-unsaturated/α-hetero) is 1. The summed E-state index contributed by atoms with van der Waals surface area (Å²) in [5.74, 6) is 4.90. The first-order valence-electron chi connectivity index (χ1n) is 5.58. The Balaban J connectivity index is 2.28. The van der Waals surface area contributed by atoms with E-state index < -0.39 is 0 Å². The molecule has 0 aliphatic heterocycles. The molecule has 0 atom stereocenters. The summed E-state index contributed by atoms with van der Waals surface area (Å²) in [6.07, 6.45) is 0. The summed E-state index contributed by atoms with van der Waals surface area (Å²) in [5.41, 5.74) is 1.94. The molecule has 0 unspecified atom stereocenters. The second-order valence-electron chi connectivity index (χ2n) is 3.97. The number of phenolic OH excluding ortho intramolecular Hbond substituents is 1. The highest BCUT2D eigenvalue weighted by Gasteiger charge is 2.08. The Morgan fingerprint density at radius 3 is 2.56 bits per heavy atom. The van der Waals surface area contributed by atoms with Crippen LogP contribution in [0.1, 0.15) is 21.5 Å². The van der Waals surface area contributed by atoms with Crippen molar-refractivity contribution in [2.45, 2.75) is 6.92 Å². The van der Waals surface area contributed by atoms with Crippen molar-refractivity contribution in [1.29, 1.82) is 0 Å². The molecule has 1 N–H and O–H groups in total. The fourth-order valence-electron chi connectivity index (χ4n) is 1.55. The number of benzene rings is 2. The molecule has 0 aliphatic rings. The zero-order valence-corrected chi connectivity index (χ0v) is 9.97. The average Bonchev–Trinajstić information content (AvgIpc) is 2.40. The molecule has 88 valence electrons. The monoisotopic (exact) mass is 236 g/mol. The Bertz CT molecular complexity index is 631. The van der Waals surface area contributed by atoms with Crippen LogP contribution < -0.4 is 0 Å². The van der Waals surface area contributed by atoms with Gasteiger partial charge in [0, 0.05) is 5.56 Å². The molecule has 2 aromatic carbocycles. The maximum atomic E-state index is 11.9. The quantitative estimate of drug-likeness (QED) is 0.610. The number of hydrogen-bond donors (Lipinski definition) is 1. The van der Waals surface area contributed by atoms with E-state index in [0.717, 1.165) is 11.1 Å². The van der Waals surface area contributed by atoms with Crippen LogP contribution in [-0.2, 0) is 0 Å². The third-order valence-corrected chi connectivity index (χ3v) is 2.49. The van der Waals surface area contributed by atoms with Crippen LogP contribution in [0.15, 0.2) is 48.5 Å². The SMILES string of the molecule is Cc1ccc(O)c(C(=O)C#Cc2ccccc2)c1. The van der Waals surface area contributed by atoms with Crippen molar-refractivity contribution < 1.29 is 9.90 Å². The van der Waals surface area contributed by atoms with E-state index in [2.05, 4.69) is 11.8 Å². The normalized spacial score (nSPS) is 9.39. The number of rotatable bonds is 1. The molecule has 0 amide bonds. The lowest BCUT2D eigenvalue weighted by Crippen LogP contribution is -1.96. The van der Waals surface area contributed by atoms with Gasteiger partial charge in [-0.2, -0.15) is 0 Å². The second kappa shape index (κ2) is 5.20. The maximum Gasteiger partial charge on any atom is 0.239 e. The van der Waals surface area contributed by atoms with Crippen molar-refractivity contribution in [3.63, 3.8) is 0 Å². The lowest BCUT2D eigenvalue weighted by atomic mass is 10.1. The standard InChI is InChI=1S/C16H12O2/c1-12-7-9-15(17)14(11-12)16(18)10-8-13-5-3-2-4-6-13/h2-7,9,11,17H,1H3. The van der Waals surface area contributed by atoms with Gasteiger partial charge in [-0.25, -0.2) is 0 Å². The zero-order chi connectivity index (χ0) is 13.0. The lowest BCUT2D eigenvalue weighted by molar-refractivity contribution is 0.105. The van der Waals surface area contributed by atoms with Crippen LogP contribution in [0.5, 0.6) is 5.75 Å². The molecule has 0 spiro atoms. The van der Waals surface area contributed by atoms with Crippen LogP contribution >= 0.6 is 0 Å². The fourth-order valence-corrected chi connectivity index (χ4v) is 1.55. The van der Waals surface area contributed by atoms with E-state index in [1.54, 1.807) is 12.1 Å². The maximum absolute atomic E-state index is 11.9. The van der Waals surface area contributed by atoms with Crippen molar-refractivity contribution in [1.82, 2.24) is 0 Å². The smallest absolute Gasteiger partial charge is 0.239 e. The van der Waals surface area contributed by atoms with Crippen LogP contribution in [0.25, 0.3) is 0 Å². The Hall–Kier alpha value is -2.53. The third kappa shape index (κ3) is 2.78. The molecule has 0 aromatic heterocycles. The van der Waals surface area contributed by atoms with Crippen LogP contribution in [-0.4, -0.2) is 10.9 Å². The van der Waals surface area contributed by atoms with Crippen molar-refractivity contribution in [3.8, 4) is 17.6 Å². The molecule has 18 heavy (non-hydrogen) atoms. The van der Waals surface area contributed by atoms with Gasteiger partial charge in [0.05, 0.1) is 5.56 Å². The number of ketones is 1. The molecule has 2 rings (SSSR count). The highest BCUT2D eigenvalue weighted by atomic mass is 16.3. The molecule has 0 bridgehead atoms. The first-order valence-corrected chi connectivity index (χ1v) is 5.58. The third-order valence-electron chi connectivity index (χ3n) is 2.49. The van der Waals surface area contributed by atoms with Gasteiger partial charge in [-0.15, -0.1) is 0 Å². The van der Waals surface area contributed by atoms with Gasteiger partial charge < -0.3 is 5.11 Å². The molecule has 2 nitrogen and oxygen atoms in total. The molecule has 0 fully saturated rings. The first kappa shape index (κ1) is 11.9. The van der Waals surface area contributed by atoms with Crippen LogP contribution in [0.3, 0.4) is 0 Å². The van der Waals surface area contributed by atoms with Gasteiger partial charge in [0.1, 0.15) is 5.75 Å². The zero-order valence-electron chi connectivity index (χ0n) is 9.97. The van der Waals surface area contributed by atoms with Gasteiger partial charge in [0.2, 0.25) is 5.78 Å². The largest absolute Gasteiger partial charge is 0.507 e. The minimum Gasteiger partial charge on any atom is -0.507 e. The second-order valence-corrected chi connectivity index (χ2v) is 3.97. The molecule has 2 aromatic rings. The van der Waals surface area contributed by atoms with Crippen LogP contribution in [0, 0.1) is 18.8 Å². The minimum atomic E-state index is -0.375. The van der Waals surface area contributed by atoms with Gasteiger partial charge in [-0.3, -0.25) is 4.79 Å². The van der Waals surface area contributed by atoms with E-state index in [0.29, 0.717) is 0 Å². The molecule has 0 saturated carbocycles. The van der Waals surface area contributed by atoms with Crippen molar-refractivity contribution >= 4 is 5.78 Å². The Kier molecular flexibility index (Phi) is 3.45. The Morgan fingerprint density at radius 1 is 1.11 bits per heavy atom. The topological polar surface area (TPSA) is 37.3 Å².